The van der Waals surface area contributed by atoms with Crippen LogP contribution in [0.1, 0.15) is 30.4 Å². The summed E-state index contributed by atoms with van der Waals surface area (Å²) in [6.07, 6.45) is 0.941. The molecule has 0 saturated carbocycles. The van der Waals surface area contributed by atoms with E-state index in [2.05, 4.69) is 0 Å². The van der Waals surface area contributed by atoms with E-state index in [9.17, 15) is 9.59 Å². The number of hydrogen-bond acceptors (Lipinski definition) is 5. The Kier molecular flexibility index (Phi) is 4.27. The zero-order chi connectivity index (χ0) is 14.7. The molecule has 1 aliphatic rings. The number of fused-ring (bicyclic) bond motifs is 1. The van der Waals surface area contributed by atoms with Gasteiger partial charge in [-0.2, -0.15) is 0 Å². The maximum Gasteiger partial charge on any atom is 0.321 e. The molecule has 0 fully saturated rings. The summed E-state index contributed by atoms with van der Waals surface area (Å²) in [5.74, 6) is -0.623. The Morgan fingerprint density at radius 3 is 2.60 bits per heavy atom. The van der Waals surface area contributed by atoms with E-state index >= 15 is 0 Å². The third kappa shape index (κ3) is 2.35. The van der Waals surface area contributed by atoms with Gasteiger partial charge in [0.2, 0.25) is 0 Å². The number of ketones is 1. The van der Waals surface area contributed by atoms with Gasteiger partial charge in [-0.3, -0.25) is 9.59 Å². The van der Waals surface area contributed by atoms with Crippen molar-refractivity contribution in [2.45, 2.75) is 25.7 Å². The maximum atomic E-state index is 12.1. The number of rotatable bonds is 4. The largest absolute Gasteiger partial charge is 0.493 e. The average molecular weight is 278 g/mol. The number of carbonyl (C=O) groups excluding carboxylic acids is 2. The predicted molar refractivity (Wildman–Crippen MR) is 72.2 cm³/mol. The first-order chi connectivity index (χ1) is 9.63. The number of methoxy groups -OCH3 is 2. The number of hydrogen-bond donors (Lipinski definition) is 0. The lowest BCUT2D eigenvalue weighted by molar-refractivity contribution is -0.148. The summed E-state index contributed by atoms with van der Waals surface area (Å²) < 4.78 is 15.6. The summed E-state index contributed by atoms with van der Waals surface area (Å²) in [6.45, 7) is 1.96. The molecule has 0 spiro atoms. The minimum Gasteiger partial charge on any atom is -0.493 e. The summed E-state index contributed by atoms with van der Waals surface area (Å²) >= 11 is 0. The molecule has 20 heavy (non-hydrogen) atoms. The van der Waals surface area contributed by atoms with Crippen LogP contribution in [0.3, 0.4) is 0 Å². The second kappa shape index (κ2) is 5.94. The van der Waals surface area contributed by atoms with Crippen molar-refractivity contribution in [1.82, 2.24) is 0 Å². The second-order valence-electron chi connectivity index (χ2n) is 4.53. The van der Waals surface area contributed by atoms with Gasteiger partial charge in [0.1, 0.15) is 5.92 Å². The number of esters is 1. The smallest absolute Gasteiger partial charge is 0.321 e. The summed E-state index contributed by atoms with van der Waals surface area (Å²) in [5, 5.41) is 0. The second-order valence-corrected chi connectivity index (χ2v) is 4.53. The highest BCUT2D eigenvalue weighted by Gasteiger charge is 2.38. The molecule has 0 N–H and O–H groups in total. The molecule has 0 aromatic heterocycles. The molecule has 0 bridgehead atoms. The van der Waals surface area contributed by atoms with Gasteiger partial charge in [0.05, 0.1) is 20.8 Å². The molecular formula is C15H18O5. The normalized spacial score (nSPS) is 17.4. The third-order valence-electron chi connectivity index (χ3n) is 3.45. The molecule has 1 aromatic rings. The van der Waals surface area contributed by atoms with Crippen LogP contribution < -0.4 is 9.47 Å². The van der Waals surface area contributed by atoms with E-state index in [1.807, 2.05) is 6.07 Å². The van der Waals surface area contributed by atoms with Crippen LogP contribution in [-0.2, 0) is 20.7 Å². The molecule has 108 valence electrons. The van der Waals surface area contributed by atoms with Gasteiger partial charge in [0, 0.05) is 12.0 Å². The van der Waals surface area contributed by atoms with E-state index < -0.39 is 11.9 Å². The minimum atomic E-state index is -0.913. The fraction of sp³-hybridized carbons (Fsp3) is 0.467. The molecule has 0 aliphatic heterocycles. The Hall–Kier alpha value is -2.04. The van der Waals surface area contributed by atoms with E-state index in [1.54, 1.807) is 13.0 Å². The minimum absolute atomic E-state index is 0.137. The van der Waals surface area contributed by atoms with E-state index in [1.165, 1.54) is 14.2 Å². The van der Waals surface area contributed by atoms with Gasteiger partial charge in [-0.1, -0.05) is 6.07 Å². The molecule has 2 rings (SSSR count). The van der Waals surface area contributed by atoms with E-state index in [4.69, 9.17) is 14.2 Å². The summed E-state index contributed by atoms with van der Waals surface area (Å²) in [7, 11) is 3.02. The number of carbonyl (C=O) groups is 2. The molecule has 1 unspecified atom stereocenters. The summed E-state index contributed by atoms with van der Waals surface area (Å²) in [4.78, 5) is 24.2. The standard InChI is InChI=1S/C15H18O5/c1-4-20-15(17)13-10(16)7-5-9-6-8-11(18-2)14(19-3)12(9)13/h6,8,13H,4-5,7H2,1-3H3. The Labute approximate surface area is 117 Å². The van der Waals surface area contributed by atoms with Gasteiger partial charge in [0.25, 0.3) is 0 Å². The molecule has 1 atom stereocenters. The van der Waals surface area contributed by atoms with Crippen LogP contribution in [-0.4, -0.2) is 32.6 Å². The maximum absolute atomic E-state index is 12.1. The van der Waals surface area contributed by atoms with E-state index in [-0.39, 0.29) is 12.4 Å². The van der Waals surface area contributed by atoms with Crippen LogP contribution in [0.25, 0.3) is 0 Å². The van der Waals surface area contributed by atoms with Crippen molar-refractivity contribution in [1.29, 1.82) is 0 Å². The predicted octanol–water partition coefficient (Wildman–Crippen LogP) is 1.87. The van der Waals surface area contributed by atoms with Crippen LogP contribution in [0.4, 0.5) is 0 Å². The van der Waals surface area contributed by atoms with Crippen molar-refractivity contribution in [3.63, 3.8) is 0 Å². The van der Waals surface area contributed by atoms with Crippen LogP contribution in [0, 0.1) is 0 Å². The van der Waals surface area contributed by atoms with Crippen molar-refractivity contribution < 1.29 is 23.8 Å². The SMILES string of the molecule is CCOC(=O)C1C(=O)CCc2ccc(OC)c(OC)c21. The number of ether oxygens (including phenoxy) is 3. The van der Waals surface area contributed by atoms with Gasteiger partial charge in [-0.15, -0.1) is 0 Å². The van der Waals surface area contributed by atoms with Crippen LogP contribution >= 0.6 is 0 Å². The van der Waals surface area contributed by atoms with Gasteiger partial charge in [0.15, 0.2) is 17.3 Å². The first kappa shape index (κ1) is 14.4. The van der Waals surface area contributed by atoms with Crippen molar-refractivity contribution in [2.24, 2.45) is 0 Å². The number of benzene rings is 1. The Morgan fingerprint density at radius 2 is 2.00 bits per heavy atom. The molecule has 1 aliphatic carbocycles. The Morgan fingerprint density at radius 1 is 1.25 bits per heavy atom. The summed E-state index contributed by atoms with van der Waals surface area (Å²) in [6, 6.07) is 3.66. The highest BCUT2D eigenvalue weighted by Crippen LogP contribution is 2.42. The molecule has 0 heterocycles. The van der Waals surface area contributed by atoms with Crippen molar-refractivity contribution >= 4 is 11.8 Å². The van der Waals surface area contributed by atoms with Gasteiger partial charge < -0.3 is 14.2 Å². The lowest BCUT2D eigenvalue weighted by Gasteiger charge is -2.26. The van der Waals surface area contributed by atoms with Crippen LogP contribution in [0.15, 0.2) is 12.1 Å². The zero-order valence-corrected chi connectivity index (χ0v) is 11.9. The highest BCUT2D eigenvalue weighted by atomic mass is 16.5. The molecule has 0 saturated heterocycles. The lowest BCUT2D eigenvalue weighted by Crippen LogP contribution is -2.29. The zero-order valence-electron chi connectivity index (χ0n) is 11.9. The van der Waals surface area contributed by atoms with Crippen molar-refractivity contribution in [3.05, 3.63) is 23.3 Å². The molecule has 1 aromatic carbocycles. The molecule has 5 heteroatoms. The van der Waals surface area contributed by atoms with E-state index in [0.717, 1.165) is 5.56 Å². The van der Waals surface area contributed by atoms with Crippen molar-refractivity contribution in [3.8, 4) is 11.5 Å². The van der Waals surface area contributed by atoms with Crippen molar-refractivity contribution in [2.75, 3.05) is 20.8 Å². The fourth-order valence-corrected chi connectivity index (χ4v) is 2.56. The molecule has 5 nitrogen and oxygen atoms in total. The fourth-order valence-electron chi connectivity index (χ4n) is 2.56. The van der Waals surface area contributed by atoms with Gasteiger partial charge >= 0.3 is 5.97 Å². The first-order valence-electron chi connectivity index (χ1n) is 6.57. The highest BCUT2D eigenvalue weighted by molar-refractivity contribution is 6.06. The topological polar surface area (TPSA) is 61.8 Å². The molecular weight excluding hydrogens is 260 g/mol. The summed E-state index contributed by atoms with van der Waals surface area (Å²) in [5.41, 5.74) is 1.52. The van der Waals surface area contributed by atoms with Crippen LogP contribution in [0.2, 0.25) is 0 Å². The number of aryl methyl sites for hydroxylation is 1. The molecule has 0 amide bonds. The Balaban J connectivity index is 2.58. The lowest BCUT2D eigenvalue weighted by atomic mass is 9.81. The van der Waals surface area contributed by atoms with Crippen LogP contribution in [0.5, 0.6) is 11.5 Å². The first-order valence-corrected chi connectivity index (χ1v) is 6.57. The Bertz CT molecular complexity index is 535. The quantitative estimate of drug-likeness (QED) is 0.621. The van der Waals surface area contributed by atoms with Gasteiger partial charge in [-0.25, -0.2) is 0 Å². The molecule has 0 radical (unpaired) electrons. The van der Waals surface area contributed by atoms with Gasteiger partial charge in [-0.05, 0) is 25.0 Å². The monoisotopic (exact) mass is 278 g/mol. The average Bonchev–Trinajstić information content (AvgIpc) is 2.45. The third-order valence-corrected chi connectivity index (χ3v) is 3.45. The number of Topliss-reactive ketones (excluding diaryl/α,β-unsaturated/α-hetero) is 1. The van der Waals surface area contributed by atoms with E-state index in [0.29, 0.717) is 29.9 Å².